The lowest BCUT2D eigenvalue weighted by molar-refractivity contribution is -0.122. The number of phenolic OH excluding ortho intramolecular Hbond substituents is 1. The Kier molecular flexibility index (Phi) is 6.21. The van der Waals surface area contributed by atoms with Gasteiger partial charge in [-0.05, 0) is 53.6 Å². The second kappa shape index (κ2) is 9.07. The Morgan fingerprint density at radius 2 is 1.75 bits per heavy atom. The summed E-state index contributed by atoms with van der Waals surface area (Å²) in [7, 11) is 1.48. The number of benzene rings is 2. The van der Waals surface area contributed by atoms with Crippen LogP contribution in [-0.2, 0) is 9.59 Å². The molecule has 0 saturated carbocycles. The van der Waals surface area contributed by atoms with Crippen molar-refractivity contribution < 1.29 is 24.2 Å². The second-order valence-electron chi connectivity index (χ2n) is 8.93. The van der Waals surface area contributed by atoms with E-state index in [2.05, 4.69) is 19.2 Å². The molecule has 2 aromatic carbocycles. The normalized spacial score (nSPS) is 20.8. The molecular formula is C26H29NO5. The lowest BCUT2D eigenvalue weighted by Crippen LogP contribution is -2.38. The van der Waals surface area contributed by atoms with Gasteiger partial charge in [0.2, 0.25) is 5.91 Å². The Balaban J connectivity index is 1.59. The Hall–Kier alpha value is -3.28. The van der Waals surface area contributed by atoms with Crippen LogP contribution in [0.4, 0.5) is 0 Å². The van der Waals surface area contributed by atoms with Crippen molar-refractivity contribution in [2.75, 3.05) is 13.7 Å². The quantitative estimate of drug-likeness (QED) is 0.701. The summed E-state index contributed by atoms with van der Waals surface area (Å²) >= 11 is 0. The minimum atomic E-state index is -0.339. The van der Waals surface area contributed by atoms with Crippen LogP contribution in [0.3, 0.4) is 0 Å². The number of allylic oxidation sites excluding steroid dienone is 2. The van der Waals surface area contributed by atoms with Crippen LogP contribution in [0.2, 0.25) is 0 Å². The van der Waals surface area contributed by atoms with E-state index in [-0.39, 0.29) is 35.7 Å². The first-order chi connectivity index (χ1) is 15.4. The molecule has 6 nitrogen and oxygen atoms in total. The maximum Gasteiger partial charge on any atom is 0.225 e. The summed E-state index contributed by atoms with van der Waals surface area (Å²) in [6, 6.07) is 12.9. The Bertz CT molecular complexity index is 1050. The zero-order chi connectivity index (χ0) is 22.8. The summed E-state index contributed by atoms with van der Waals surface area (Å²) in [4.78, 5) is 25.7. The number of carbonyl (C=O) groups excluding carboxylic acids is 2. The van der Waals surface area contributed by atoms with Gasteiger partial charge in [-0.3, -0.25) is 9.59 Å². The number of hydrogen-bond donors (Lipinski definition) is 2. The van der Waals surface area contributed by atoms with Crippen molar-refractivity contribution in [3.05, 3.63) is 64.9 Å². The lowest BCUT2D eigenvalue weighted by Gasteiger charge is -2.34. The molecule has 1 heterocycles. The van der Waals surface area contributed by atoms with Gasteiger partial charge in [0.25, 0.3) is 0 Å². The maximum atomic E-state index is 13.3. The maximum absolute atomic E-state index is 13.3. The molecule has 4 rings (SSSR count). The average Bonchev–Trinajstić information content (AvgIpc) is 2.77. The van der Waals surface area contributed by atoms with Crippen molar-refractivity contribution in [3.8, 4) is 17.2 Å². The number of carbonyl (C=O) groups is 2. The molecule has 0 saturated heterocycles. The summed E-state index contributed by atoms with van der Waals surface area (Å²) in [5.41, 5.74) is 3.23. The summed E-state index contributed by atoms with van der Waals surface area (Å²) < 4.78 is 11.0. The molecule has 2 aliphatic rings. The monoisotopic (exact) mass is 435 g/mol. The predicted octanol–water partition coefficient (Wildman–Crippen LogP) is 4.44. The van der Waals surface area contributed by atoms with Crippen LogP contribution in [0.25, 0.3) is 0 Å². The molecule has 32 heavy (non-hydrogen) atoms. The largest absolute Gasteiger partial charge is 0.504 e. The summed E-state index contributed by atoms with van der Waals surface area (Å²) in [6.45, 7) is 4.87. The van der Waals surface area contributed by atoms with Gasteiger partial charge < -0.3 is 19.9 Å². The summed E-state index contributed by atoms with van der Waals surface area (Å²) in [5, 5.41) is 12.9. The van der Waals surface area contributed by atoms with Gasteiger partial charge in [0, 0.05) is 30.0 Å². The molecule has 2 aromatic rings. The van der Waals surface area contributed by atoms with Crippen molar-refractivity contribution in [2.45, 2.75) is 44.9 Å². The molecule has 6 heteroatoms. The van der Waals surface area contributed by atoms with Crippen molar-refractivity contribution in [1.82, 2.24) is 5.32 Å². The smallest absolute Gasteiger partial charge is 0.225 e. The molecule has 0 fully saturated rings. The van der Waals surface area contributed by atoms with Gasteiger partial charge in [-0.15, -0.1) is 0 Å². The highest BCUT2D eigenvalue weighted by Gasteiger charge is 2.38. The van der Waals surface area contributed by atoms with Gasteiger partial charge in [0.1, 0.15) is 5.75 Å². The number of methoxy groups -OCH3 is 1. The number of nitrogens with one attached hydrogen (secondary N) is 1. The van der Waals surface area contributed by atoms with E-state index in [1.54, 1.807) is 18.2 Å². The van der Waals surface area contributed by atoms with Crippen LogP contribution in [0, 0.1) is 5.92 Å². The summed E-state index contributed by atoms with van der Waals surface area (Å²) in [6.07, 6.45) is 1.20. The third-order valence-corrected chi connectivity index (χ3v) is 6.08. The van der Waals surface area contributed by atoms with Crippen LogP contribution >= 0.6 is 0 Å². The number of hydrogen-bond acceptors (Lipinski definition) is 5. The fourth-order valence-corrected chi connectivity index (χ4v) is 4.49. The van der Waals surface area contributed by atoms with Crippen molar-refractivity contribution in [2.24, 2.45) is 5.92 Å². The number of rotatable bonds is 6. The molecule has 168 valence electrons. The fraction of sp³-hybridized carbons (Fsp3) is 0.385. The van der Waals surface area contributed by atoms with Gasteiger partial charge >= 0.3 is 0 Å². The van der Waals surface area contributed by atoms with E-state index in [0.29, 0.717) is 42.4 Å². The number of ketones is 1. The first-order valence-electron chi connectivity index (χ1n) is 11.0. The van der Waals surface area contributed by atoms with E-state index in [1.165, 1.54) is 7.11 Å². The third-order valence-electron chi connectivity index (χ3n) is 6.08. The molecule has 0 aromatic heterocycles. The van der Waals surface area contributed by atoms with Crippen LogP contribution in [0.5, 0.6) is 17.2 Å². The molecule has 2 unspecified atom stereocenters. The number of Topliss-reactive ketones (excluding diaryl/α,β-unsaturated/α-hetero) is 1. The van der Waals surface area contributed by atoms with E-state index in [1.807, 2.05) is 24.3 Å². The summed E-state index contributed by atoms with van der Waals surface area (Å²) in [5.74, 6) is 1.24. The molecule has 1 amide bonds. The third kappa shape index (κ3) is 4.49. The Morgan fingerprint density at radius 1 is 1.03 bits per heavy atom. The molecule has 1 aliphatic carbocycles. The van der Waals surface area contributed by atoms with E-state index in [0.717, 1.165) is 16.9 Å². The number of ether oxygens (including phenoxy) is 2. The van der Waals surface area contributed by atoms with E-state index in [9.17, 15) is 14.7 Å². The lowest BCUT2D eigenvalue weighted by atomic mass is 9.73. The number of aromatic hydroxyl groups is 1. The first-order valence-corrected chi connectivity index (χ1v) is 11.0. The topological polar surface area (TPSA) is 84.9 Å². The molecular weight excluding hydrogens is 406 g/mol. The van der Waals surface area contributed by atoms with Crippen molar-refractivity contribution in [1.29, 1.82) is 0 Å². The van der Waals surface area contributed by atoms with Crippen LogP contribution in [-0.4, -0.2) is 30.5 Å². The average molecular weight is 436 g/mol. The predicted molar refractivity (Wildman–Crippen MR) is 121 cm³/mol. The zero-order valence-corrected chi connectivity index (χ0v) is 18.7. The van der Waals surface area contributed by atoms with Gasteiger partial charge in [0.15, 0.2) is 17.3 Å². The van der Waals surface area contributed by atoms with E-state index < -0.39 is 0 Å². The van der Waals surface area contributed by atoms with E-state index >= 15 is 0 Å². The van der Waals surface area contributed by atoms with E-state index in [4.69, 9.17) is 9.47 Å². The Morgan fingerprint density at radius 3 is 2.44 bits per heavy atom. The molecule has 2 N–H and O–H groups in total. The van der Waals surface area contributed by atoms with Gasteiger partial charge in [-0.25, -0.2) is 0 Å². The van der Waals surface area contributed by atoms with Gasteiger partial charge in [-0.1, -0.05) is 32.0 Å². The van der Waals surface area contributed by atoms with Crippen LogP contribution in [0.1, 0.15) is 56.1 Å². The number of phenols is 1. The highest BCUT2D eigenvalue weighted by molar-refractivity contribution is 6.02. The molecule has 1 aliphatic heterocycles. The van der Waals surface area contributed by atoms with Crippen LogP contribution < -0.4 is 14.8 Å². The van der Waals surface area contributed by atoms with Crippen LogP contribution in [0.15, 0.2) is 53.7 Å². The van der Waals surface area contributed by atoms with Crippen molar-refractivity contribution >= 4 is 11.7 Å². The molecule has 0 bridgehead atoms. The zero-order valence-electron chi connectivity index (χ0n) is 18.7. The fourth-order valence-electron chi connectivity index (χ4n) is 4.49. The minimum absolute atomic E-state index is 0.00815. The SMILES string of the molecule is COc1cc(C2CC(=O)NC3=C2C(=O)CC(c2ccc(OCC(C)C)cc2)C3)ccc1O. The Labute approximate surface area is 188 Å². The van der Waals surface area contributed by atoms with Gasteiger partial charge in [-0.2, -0.15) is 0 Å². The highest BCUT2D eigenvalue weighted by Crippen LogP contribution is 2.44. The number of amides is 1. The highest BCUT2D eigenvalue weighted by atomic mass is 16.5. The standard InChI is InChI=1S/C26H29NO5/c1-15(2)14-32-19-7-4-16(5-8-19)18-10-21-26(23(29)11-18)20(13-25(30)27-21)17-6-9-22(28)24(12-17)31-3/h4-9,12,15,18,20,28H,10-11,13-14H2,1-3H3,(H,27,30). The second-order valence-corrected chi connectivity index (χ2v) is 8.93. The molecule has 2 atom stereocenters. The minimum Gasteiger partial charge on any atom is -0.504 e. The molecule has 0 radical (unpaired) electrons. The first kappa shape index (κ1) is 21.9. The molecule has 0 spiro atoms. The van der Waals surface area contributed by atoms with Crippen molar-refractivity contribution in [3.63, 3.8) is 0 Å². The van der Waals surface area contributed by atoms with Gasteiger partial charge in [0.05, 0.1) is 13.7 Å².